The number of aromatic nitrogens is 3. The molecule has 0 bridgehead atoms. The molecular formula is C24H20F3N7O3. The molecule has 5 N–H and O–H groups in total. The van der Waals surface area contributed by atoms with E-state index in [0.717, 1.165) is 25.0 Å². The Balaban J connectivity index is 1.35. The number of hydrogen-bond donors (Lipinski definition) is 4. The lowest BCUT2D eigenvalue weighted by Crippen LogP contribution is -2.25. The number of nitrogen functional groups attached to an aromatic ring is 1. The fourth-order valence-electron chi connectivity index (χ4n) is 3.77. The van der Waals surface area contributed by atoms with Crippen LogP contribution < -0.4 is 26.4 Å². The zero-order chi connectivity index (χ0) is 26.2. The van der Waals surface area contributed by atoms with Gasteiger partial charge in [-0.3, -0.25) is 4.79 Å². The quantitative estimate of drug-likeness (QED) is 0.303. The summed E-state index contributed by atoms with van der Waals surface area (Å²) in [6, 6.07) is 11.0. The van der Waals surface area contributed by atoms with Crippen LogP contribution in [0.25, 0.3) is 16.6 Å². The molecule has 190 valence electrons. The van der Waals surface area contributed by atoms with Gasteiger partial charge in [0, 0.05) is 35.2 Å². The van der Waals surface area contributed by atoms with E-state index >= 15 is 0 Å². The van der Waals surface area contributed by atoms with Crippen molar-refractivity contribution in [1.82, 2.24) is 19.9 Å². The number of amides is 3. The molecule has 37 heavy (non-hydrogen) atoms. The second-order valence-electron chi connectivity index (χ2n) is 8.34. The first kappa shape index (κ1) is 23.9. The first-order valence-electron chi connectivity index (χ1n) is 11.1. The van der Waals surface area contributed by atoms with Gasteiger partial charge in [-0.05, 0) is 42.7 Å². The van der Waals surface area contributed by atoms with Crippen LogP contribution >= 0.6 is 0 Å². The summed E-state index contributed by atoms with van der Waals surface area (Å²) < 4.78 is 42.7. The van der Waals surface area contributed by atoms with Gasteiger partial charge in [0.05, 0.1) is 5.56 Å². The molecule has 4 aromatic rings. The third kappa shape index (κ3) is 5.55. The highest BCUT2D eigenvalue weighted by molar-refractivity contribution is 6.07. The molecule has 0 aliphatic heterocycles. The number of nitrogens with zero attached hydrogens (tertiary/aromatic N) is 3. The zero-order valence-corrected chi connectivity index (χ0v) is 19.0. The van der Waals surface area contributed by atoms with Gasteiger partial charge in [0.15, 0.2) is 5.82 Å². The second-order valence-corrected chi connectivity index (χ2v) is 8.34. The lowest BCUT2D eigenvalue weighted by Gasteiger charge is -2.12. The van der Waals surface area contributed by atoms with Gasteiger partial charge in [-0.2, -0.15) is 5.10 Å². The number of rotatable bonds is 6. The summed E-state index contributed by atoms with van der Waals surface area (Å²) >= 11 is 0. The molecule has 1 fully saturated rings. The molecule has 0 spiro atoms. The van der Waals surface area contributed by atoms with Crippen molar-refractivity contribution >= 4 is 34.6 Å². The molecule has 0 atom stereocenters. The summed E-state index contributed by atoms with van der Waals surface area (Å²) in [6.07, 6.45) is -0.0950. The summed E-state index contributed by atoms with van der Waals surface area (Å²) in [5.74, 6) is -0.506. The van der Waals surface area contributed by atoms with Crippen LogP contribution in [-0.4, -0.2) is 38.9 Å². The number of anilines is 3. The first-order chi connectivity index (χ1) is 17.7. The summed E-state index contributed by atoms with van der Waals surface area (Å²) in [4.78, 5) is 29.3. The van der Waals surface area contributed by atoms with Gasteiger partial charge in [-0.15, -0.1) is 13.2 Å². The maximum Gasteiger partial charge on any atom is 0.573 e. The summed E-state index contributed by atoms with van der Waals surface area (Å²) in [5, 5.41) is 12.2. The number of fused-ring (bicyclic) bond motifs is 1. The SMILES string of the molecule is Nc1ncnn2cc(C(=O)NC3CC3)c(-c3ccc(NC(=O)Nc4cccc(OC(F)(F)F)c4)cc3)c12. The molecule has 0 unspecified atom stereocenters. The number of carbonyl (C=O) groups excluding carboxylic acids is 2. The number of nitrogens with two attached hydrogens (primary N) is 1. The van der Waals surface area contributed by atoms with Crippen LogP contribution in [0.3, 0.4) is 0 Å². The Morgan fingerprint density at radius 1 is 1.05 bits per heavy atom. The van der Waals surface area contributed by atoms with E-state index in [4.69, 9.17) is 5.73 Å². The highest BCUT2D eigenvalue weighted by atomic mass is 19.4. The molecule has 10 nitrogen and oxygen atoms in total. The number of urea groups is 1. The second kappa shape index (κ2) is 9.33. The largest absolute Gasteiger partial charge is 0.573 e. The molecule has 1 aliphatic carbocycles. The van der Waals surface area contributed by atoms with Gasteiger partial charge in [-0.25, -0.2) is 14.3 Å². The average Bonchev–Trinajstić information content (AvgIpc) is 3.55. The molecule has 1 saturated carbocycles. The first-order valence-corrected chi connectivity index (χ1v) is 11.1. The lowest BCUT2D eigenvalue weighted by atomic mass is 10.0. The topological polar surface area (TPSA) is 136 Å². The molecule has 1 aliphatic rings. The minimum Gasteiger partial charge on any atom is -0.406 e. The van der Waals surface area contributed by atoms with Gasteiger partial charge in [0.2, 0.25) is 0 Å². The van der Waals surface area contributed by atoms with Gasteiger partial charge in [-0.1, -0.05) is 18.2 Å². The number of nitrogens with one attached hydrogen (secondary N) is 3. The van der Waals surface area contributed by atoms with E-state index in [1.807, 2.05) is 0 Å². The Morgan fingerprint density at radius 2 is 1.78 bits per heavy atom. The normalized spacial score (nSPS) is 13.3. The maximum atomic E-state index is 12.9. The van der Waals surface area contributed by atoms with E-state index in [9.17, 15) is 22.8 Å². The highest BCUT2D eigenvalue weighted by Crippen LogP contribution is 2.34. The predicted octanol–water partition coefficient (Wildman–Crippen LogP) is 4.41. The van der Waals surface area contributed by atoms with Crippen molar-refractivity contribution in [1.29, 1.82) is 0 Å². The monoisotopic (exact) mass is 511 g/mol. The fourth-order valence-corrected chi connectivity index (χ4v) is 3.77. The number of carbonyl (C=O) groups is 2. The van der Waals surface area contributed by atoms with Crippen LogP contribution in [0.15, 0.2) is 61.1 Å². The molecule has 0 radical (unpaired) electrons. The Morgan fingerprint density at radius 3 is 2.49 bits per heavy atom. The fraction of sp³-hybridized carbons (Fsp3) is 0.167. The summed E-state index contributed by atoms with van der Waals surface area (Å²) in [5.41, 5.74) is 8.67. The van der Waals surface area contributed by atoms with Crippen LogP contribution in [0.4, 0.5) is 35.2 Å². The van der Waals surface area contributed by atoms with Crippen molar-refractivity contribution in [2.75, 3.05) is 16.4 Å². The van der Waals surface area contributed by atoms with E-state index in [1.165, 1.54) is 23.0 Å². The van der Waals surface area contributed by atoms with Crippen molar-refractivity contribution in [3.8, 4) is 16.9 Å². The zero-order valence-electron chi connectivity index (χ0n) is 19.0. The van der Waals surface area contributed by atoms with Crippen molar-refractivity contribution in [3.63, 3.8) is 0 Å². The van der Waals surface area contributed by atoms with Crippen LogP contribution in [0.1, 0.15) is 23.2 Å². The smallest absolute Gasteiger partial charge is 0.406 e. The molecule has 2 aromatic carbocycles. The van der Waals surface area contributed by atoms with Crippen molar-refractivity contribution in [3.05, 3.63) is 66.6 Å². The number of hydrogen-bond acceptors (Lipinski definition) is 6. The molecule has 2 heterocycles. The molecule has 3 amide bonds. The third-order valence-corrected chi connectivity index (χ3v) is 5.52. The van der Waals surface area contributed by atoms with Crippen LogP contribution in [0.5, 0.6) is 5.75 Å². The van der Waals surface area contributed by atoms with Crippen molar-refractivity contribution in [2.45, 2.75) is 25.2 Å². The van der Waals surface area contributed by atoms with Crippen LogP contribution in [-0.2, 0) is 0 Å². The number of alkyl halides is 3. The van der Waals surface area contributed by atoms with E-state index in [0.29, 0.717) is 27.9 Å². The standard InChI is InChI=1S/C24H20F3N7O3/c25-24(26,27)37-17-3-1-2-16(10-17)33-23(36)32-15-6-4-13(5-7-15)19-18(22(35)31-14-8-9-14)11-34-20(19)21(28)29-12-30-34/h1-7,10-12,14H,8-9H2,(H,31,35)(H2,28,29,30)(H2,32,33,36). The van der Waals surface area contributed by atoms with Gasteiger partial charge in [0.25, 0.3) is 5.91 Å². The van der Waals surface area contributed by atoms with E-state index in [2.05, 4.69) is 30.8 Å². The van der Waals surface area contributed by atoms with Crippen molar-refractivity contribution in [2.24, 2.45) is 0 Å². The highest BCUT2D eigenvalue weighted by Gasteiger charge is 2.31. The lowest BCUT2D eigenvalue weighted by molar-refractivity contribution is -0.274. The van der Waals surface area contributed by atoms with Gasteiger partial charge in [0.1, 0.15) is 17.6 Å². The third-order valence-electron chi connectivity index (χ3n) is 5.52. The number of halogens is 3. The molecular weight excluding hydrogens is 491 g/mol. The van der Waals surface area contributed by atoms with Crippen LogP contribution in [0, 0.1) is 0 Å². The van der Waals surface area contributed by atoms with E-state index < -0.39 is 18.1 Å². The average molecular weight is 511 g/mol. The Kier molecular flexibility index (Phi) is 6.03. The Labute approximate surface area is 207 Å². The Bertz CT molecular complexity index is 1480. The minimum absolute atomic E-state index is 0.109. The summed E-state index contributed by atoms with van der Waals surface area (Å²) in [7, 11) is 0. The molecule has 0 saturated heterocycles. The van der Waals surface area contributed by atoms with E-state index in [1.54, 1.807) is 30.5 Å². The van der Waals surface area contributed by atoms with E-state index in [-0.39, 0.29) is 23.5 Å². The van der Waals surface area contributed by atoms with Gasteiger partial charge < -0.3 is 26.4 Å². The van der Waals surface area contributed by atoms with Gasteiger partial charge >= 0.3 is 12.4 Å². The Hall–Kier alpha value is -4.81. The number of ether oxygens (including phenoxy) is 1. The maximum absolute atomic E-state index is 12.9. The molecule has 13 heteroatoms. The number of benzene rings is 2. The predicted molar refractivity (Wildman–Crippen MR) is 129 cm³/mol. The molecule has 2 aromatic heterocycles. The van der Waals surface area contributed by atoms with Crippen LogP contribution in [0.2, 0.25) is 0 Å². The molecule has 5 rings (SSSR count). The van der Waals surface area contributed by atoms with Crippen molar-refractivity contribution < 1.29 is 27.5 Å². The summed E-state index contributed by atoms with van der Waals surface area (Å²) in [6.45, 7) is 0. The minimum atomic E-state index is -4.84.